The zero-order valence-electron chi connectivity index (χ0n) is 10.0. The lowest BCUT2D eigenvalue weighted by molar-refractivity contribution is -0.153. The Labute approximate surface area is 91.2 Å². The summed E-state index contributed by atoms with van der Waals surface area (Å²) in [7, 11) is 1.25. The Hall–Kier alpha value is -0.900. The standard InChI is InChI=1S/C11H21NO3/c1-5-6-7-9(13)11(12,8(2)3)10(14)15-4/h8H,5-7,12H2,1-4H3. The van der Waals surface area contributed by atoms with Crippen LogP contribution in [0.2, 0.25) is 0 Å². The number of carbonyl (C=O) groups is 2. The van der Waals surface area contributed by atoms with Crippen LogP contribution in [0.4, 0.5) is 0 Å². The van der Waals surface area contributed by atoms with Gasteiger partial charge in [0.15, 0.2) is 11.3 Å². The molecule has 4 nitrogen and oxygen atoms in total. The van der Waals surface area contributed by atoms with Crippen molar-refractivity contribution in [1.82, 2.24) is 0 Å². The molecule has 0 aromatic rings. The fourth-order valence-corrected chi connectivity index (χ4v) is 1.38. The van der Waals surface area contributed by atoms with Gasteiger partial charge in [0.25, 0.3) is 0 Å². The predicted octanol–water partition coefficient (Wildman–Crippen LogP) is 1.27. The van der Waals surface area contributed by atoms with Crippen molar-refractivity contribution in [2.24, 2.45) is 11.7 Å². The molecule has 1 atom stereocenters. The molecular weight excluding hydrogens is 194 g/mol. The number of methoxy groups -OCH3 is 1. The molecule has 0 fully saturated rings. The number of nitrogens with two attached hydrogens (primary N) is 1. The molecule has 0 aliphatic rings. The monoisotopic (exact) mass is 215 g/mol. The average molecular weight is 215 g/mol. The highest BCUT2D eigenvalue weighted by atomic mass is 16.5. The minimum absolute atomic E-state index is 0.230. The van der Waals surface area contributed by atoms with Gasteiger partial charge in [0.2, 0.25) is 0 Å². The van der Waals surface area contributed by atoms with Gasteiger partial charge >= 0.3 is 5.97 Å². The Morgan fingerprint density at radius 2 is 1.93 bits per heavy atom. The van der Waals surface area contributed by atoms with Gasteiger partial charge in [-0.25, -0.2) is 4.79 Å². The van der Waals surface area contributed by atoms with Gasteiger partial charge in [-0.05, 0) is 12.3 Å². The summed E-state index contributed by atoms with van der Waals surface area (Å²) in [4.78, 5) is 23.4. The molecule has 15 heavy (non-hydrogen) atoms. The third-order valence-corrected chi connectivity index (χ3v) is 2.65. The largest absolute Gasteiger partial charge is 0.467 e. The highest BCUT2D eigenvalue weighted by Gasteiger charge is 2.45. The number of ketones is 1. The van der Waals surface area contributed by atoms with E-state index < -0.39 is 11.5 Å². The molecule has 2 N–H and O–H groups in total. The second kappa shape index (κ2) is 5.85. The van der Waals surface area contributed by atoms with Crippen LogP contribution in [-0.4, -0.2) is 24.4 Å². The van der Waals surface area contributed by atoms with E-state index in [1.807, 2.05) is 6.92 Å². The zero-order chi connectivity index (χ0) is 12.1. The zero-order valence-corrected chi connectivity index (χ0v) is 10.0. The maximum atomic E-state index is 11.8. The lowest BCUT2D eigenvalue weighted by Gasteiger charge is -2.28. The Kier molecular flexibility index (Phi) is 5.50. The topological polar surface area (TPSA) is 69.4 Å². The number of esters is 1. The van der Waals surface area contributed by atoms with Crippen molar-refractivity contribution in [3.63, 3.8) is 0 Å². The van der Waals surface area contributed by atoms with Gasteiger partial charge in [-0.15, -0.1) is 0 Å². The van der Waals surface area contributed by atoms with Gasteiger partial charge < -0.3 is 10.5 Å². The molecule has 0 amide bonds. The minimum atomic E-state index is -1.48. The molecule has 0 aliphatic carbocycles. The second-order valence-corrected chi connectivity index (χ2v) is 4.04. The van der Waals surface area contributed by atoms with E-state index in [2.05, 4.69) is 4.74 Å². The number of Topliss-reactive ketones (excluding diaryl/α,β-unsaturated/α-hetero) is 1. The molecule has 88 valence electrons. The van der Waals surface area contributed by atoms with Gasteiger partial charge in [-0.1, -0.05) is 27.2 Å². The number of carbonyl (C=O) groups excluding carboxylic acids is 2. The van der Waals surface area contributed by atoms with Crippen LogP contribution in [0.15, 0.2) is 0 Å². The van der Waals surface area contributed by atoms with E-state index in [9.17, 15) is 9.59 Å². The molecule has 0 spiro atoms. The van der Waals surface area contributed by atoms with E-state index in [1.54, 1.807) is 13.8 Å². The fraction of sp³-hybridized carbons (Fsp3) is 0.818. The van der Waals surface area contributed by atoms with Gasteiger partial charge in [0.1, 0.15) is 0 Å². The molecule has 0 bridgehead atoms. The van der Waals surface area contributed by atoms with E-state index in [4.69, 9.17) is 5.73 Å². The Balaban J connectivity index is 4.78. The van der Waals surface area contributed by atoms with E-state index in [-0.39, 0.29) is 11.7 Å². The lowest BCUT2D eigenvalue weighted by Crippen LogP contribution is -2.59. The van der Waals surface area contributed by atoms with Crippen molar-refractivity contribution in [2.75, 3.05) is 7.11 Å². The van der Waals surface area contributed by atoms with Crippen LogP contribution in [0.1, 0.15) is 40.0 Å². The summed E-state index contributed by atoms with van der Waals surface area (Å²) in [5, 5.41) is 0. The molecular formula is C11H21NO3. The van der Waals surface area contributed by atoms with E-state index in [1.165, 1.54) is 7.11 Å². The summed E-state index contributed by atoms with van der Waals surface area (Å²) in [5.41, 5.74) is 4.37. The van der Waals surface area contributed by atoms with E-state index in [0.29, 0.717) is 6.42 Å². The smallest absolute Gasteiger partial charge is 0.333 e. The number of ether oxygens (including phenoxy) is 1. The number of hydrogen-bond acceptors (Lipinski definition) is 4. The van der Waals surface area contributed by atoms with Crippen molar-refractivity contribution < 1.29 is 14.3 Å². The number of unbranched alkanes of at least 4 members (excludes halogenated alkanes) is 1. The summed E-state index contributed by atoms with van der Waals surface area (Å²) < 4.78 is 4.59. The van der Waals surface area contributed by atoms with Crippen LogP contribution >= 0.6 is 0 Å². The summed E-state index contributed by atoms with van der Waals surface area (Å²) >= 11 is 0. The molecule has 0 aliphatic heterocycles. The first-order valence-corrected chi connectivity index (χ1v) is 5.31. The molecule has 4 heteroatoms. The molecule has 0 aromatic carbocycles. The van der Waals surface area contributed by atoms with Crippen LogP contribution < -0.4 is 5.73 Å². The molecule has 0 radical (unpaired) electrons. The molecule has 0 heterocycles. The van der Waals surface area contributed by atoms with Crippen molar-refractivity contribution in [3.8, 4) is 0 Å². The maximum Gasteiger partial charge on any atom is 0.333 e. The highest BCUT2D eigenvalue weighted by Crippen LogP contribution is 2.19. The SMILES string of the molecule is CCCCC(=O)C(N)(C(=O)OC)C(C)C. The van der Waals surface area contributed by atoms with E-state index >= 15 is 0 Å². The third kappa shape index (κ3) is 3.02. The van der Waals surface area contributed by atoms with Crippen LogP contribution in [0.25, 0.3) is 0 Å². The van der Waals surface area contributed by atoms with Crippen LogP contribution in [0, 0.1) is 5.92 Å². The Morgan fingerprint density at radius 3 is 2.27 bits per heavy atom. The van der Waals surface area contributed by atoms with Gasteiger partial charge in [-0.2, -0.15) is 0 Å². The average Bonchev–Trinajstić information content (AvgIpc) is 2.22. The minimum Gasteiger partial charge on any atom is -0.467 e. The Morgan fingerprint density at radius 1 is 1.40 bits per heavy atom. The Bertz CT molecular complexity index is 238. The van der Waals surface area contributed by atoms with Crippen molar-refractivity contribution in [3.05, 3.63) is 0 Å². The lowest BCUT2D eigenvalue weighted by atomic mass is 9.81. The molecule has 0 saturated carbocycles. The third-order valence-electron chi connectivity index (χ3n) is 2.65. The first kappa shape index (κ1) is 14.1. The molecule has 0 rings (SSSR count). The number of hydrogen-bond donors (Lipinski definition) is 1. The molecule has 0 saturated heterocycles. The van der Waals surface area contributed by atoms with Crippen molar-refractivity contribution in [2.45, 2.75) is 45.6 Å². The summed E-state index contributed by atoms with van der Waals surface area (Å²) in [6.07, 6.45) is 1.99. The summed E-state index contributed by atoms with van der Waals surface area (Å²) in [5.74, 6) is -1.13. The first-order chi connectivity index (χ1) is 6.91. The van der Waals surface area contributed by atoms with Crippen molar-refractivity contribution >= 4 is 11.8 Å². The number of rotatable bonds is 6. The van der Waals surface area contributed by atoms with Crippen LogP contribution in [0.5, 0.6) is 0 Å². The second-order valence-electron chi connectivity index (χ2n) is 4.04. The normalized spacial score (nSPS) is 14.8. The quantitative estimate of drug-likeness (QED) is 0.535. The van der Waals surface area contributed by atoms with Gasteiger partial charge in [0.05, 0.1) is 7.11 Å². The maximum absolute atomic E-state index is 11.8. The summed E-state index contributed by atoms with van der Waals surface area (Å²) in [6, 6.07) is 0. The van der Waals surface area contributed by atoms with E-state index in [0.717, 1.165) is 12.8 Å². The van der Waals surface area contributed by atoms with Crippen LogP contribution in [0.3, 0.4) is 0 Å². The predicted molar refractivity (Wildman–Crippen MR) is 58.3 cm³/mol. The summed E-state index contributed by atoms with van der Waals surface area (Å²) in [6.45, 7) is 5.49. The molecule has 1 unspecified atom stereocenters. The van der Waals surface area contributed by atoms with Crippen molar-refractivity contribution in [1.29, 1.82) is 0 Å². The van der Waals surface area contributed by atoms with Crippen LogP contribution in [-0.2, 0) is 14.3 Å². The highest BCUT2D eigenvalue weighted by molar-refractivity contribution is 6.08. The first-order valence-electron chi connectivity index (χ1n) is 5.31. The van der Waals surface area contributed by atoms with Gasteiger partial charge in [-0.3, -0.25) is 4.79 Å². The molecule has 0 aromatic heterocycles. The van der Waals surface area contributed by atoms with Gasteiger partial charge in [0, 0.05) is 6.42 Å². The fourth-order valence-electron chi connectivity index (χ4n) is 1.38.